The van der Waals surface area contributed by atoms with Gasteiger partial charge in [0.15, 0.2) is 5.13 Å². The Bertz CT molecular complexity index is 1020. The number of nitrogens with one attached hydrogen (secondary N) is 2. The van der Waals surface area contributed by atoms with Crippen molar-refractivity contribution in [1.82, 2.24) is 10.3 Å². The van der Waals surface area contributed by atoms with Crippen molar-refractivity contribution in [3.63, 3.8) is 0 Å². The normalized spacial score (nSPS) is 12.6. The predicted molar refractivity (Wildman–Crippen MR) is 124 cm³/mol. The molecule has 0 bridgehead atoms. The molecule has 2 N–H and O–H groups in total. The third-order valence-electron chi connectivity index (χ3n) is 4.10. The van der Waals surface area contributed by atoms with Gasteiger partial charge in [0.2, 0.25) is 5.90 Å². The monoisotopic (exact) mass is 410 g/mol. The molecule has 7 heteroatoms. The van der Waals surface area contributed by atoms with E-state index >= 15 is 0 Å². The molecule has 0 radical (unpaired) electrons. The first-order chi connectivity index (χ1) is 14.0. The molecule has 2 rings (SSSR count). The van der Waals surface area contributed by atoms with Gasteiger partial charge in [-0.25, -0.2) is 14.8 Å². The second-order valence-corrected chi connectivity index (χ2v) is 7.00. The number of allylic oxidation sites excluding steroid dienone is 4. The number of thiazole rings is 1. The molecule has 152 valence electrons. The van der Waals surface area contributed by atoms with Gasteiger partial charge in [-0.05, 0) is 55.2 Å². The van der Waals surface area contributed by atoms with Crippen LogP contribution < -0.4 is 10.6 Å². The van der Waals surface area contributed by atoms with Gasteiger partial charge in [-0.3, -0.25) is 5.32 Å². The average molecular weight is 411 g/mol. The van der Waals surface area contributed by atoms with Crippen molar-refractivity contribution in [2.45, 2.75) is 20.8 Å². The van der Waals surface area contributed by atoms with Gasteiger partial charge in [-0.2, -0.15) is 0 Å². The van der Waals surface area contributed by atoms with Gasteiger partial charge in [0.05, 0.1) is 17.3 Å². The highest BCUT2D eigenvalue weighted by Gasteiger charge is 2.14. The molecule has 1 aromatic heterocycles. The van der Waals surface area contributed by atoms with Crippen LogP contribution >= 0.6 is 11.3 Å². The van der Waals surface area contributed by atoms with Crippen LogP contribution in [0.25, 0.3) is 21.4 Å². The number of ether oxygens (including phenoxy) is 1. The molecule has 2 aromatic rings. The molecule has 0 saturated carbocycles. The second-order valence-electron chi connectivity index (χ2n) is 6.01. The number of rotatable bonds is 7. The fourth-order valence-electron chi connectivity index (χ4n) is 2.75. The largest absolute Gasteiger partial charge is 0.481 e. The minimum absolute atomic E-state index is 0.277. The Balaban J connectivity index is 2.66. The Hall–Kier alpha value is -3.19. The van der Waals surface area contributed by atoms with E-state index in [0.717, 1.165) is 32.5 Å². The summed E-state index contributed by atoms with van der Waals surface area (Å²) in [6.45, 7) is 13.9. The molecule has 1 heterocycles. The predicted octanol–water partition coefficient (Wildman–Crippen LogP) is 5.62. The maximum atomic E-state index is 11.9. The van der Waals surface area contributed by atoms with Crippen molar-refractivity contribution in [1.29, 1.82) is 0 Å². The second kappa shape index (κ2) is 10.4. The van der Waals surface area contributed by atoms with Crippen molar-refractivity contribution in [2.24, 2.45) is 4.99 Å². The summed E-state index contributed by atoms with van der Waals surface area (Å²) in [4.78, 5) is 20.6. The van der Waals surface area contributed by atoms with E-state index in [0.29, 0.717) is 17.6 Å². The molecule has 0 unspecified atom stereocenters. The van der Waals surface area contributed by atoms with E-state index in [1.807, 2.05) is 45.1 Å². The first-order valence-corrected chi connectivity index (χ1v) is 9.98. The van der Waals surface area contributed by atoms with E-state index in [9.17, 15) is 4.79 Å². The lowest BCUT2D eigenvalue weighted by molar-refractivity contribution is 0.252. The maximum Gasteiger partial charge on any atom is 0.321 e. The number of carbonyl (C=O) groups excluding carboxylic acids is 1. The van der Waals surface area contributed by atoms with E-state index in [1.165, 1.54) is 17.5 Å². The summed E-state index contributed by atoms with van der Waals surface area (Å²) in [5, 5.41) is 6.03. The molecule has 0 aliphatic carbocycles. The molecule has 2 amide bonds. The molecule has 6 nitrogen and oxygen atoms in total. The van der Waals surface area contributed by atoms with Crippen molar-refractivity contribution in [3.05, 3.63) is 60.8 Å². The van der Waals surface area contributed by atoms with Crippen LogP contribution in [0, 0.1) is 0 Å². The minimum Gasteiger partial charge on any atom is -0.481 e. The van der Waals surface area contributed by atoms with Crippen molar-refractivity contribution < 1.29 is 9.53 Å². The Labute approximate surface area is 175 Å². The summed E-state index contributed by atoms with van der Waals surface area (Å²) in [7, 11) is 1.56. The topological polar surface area (TPSA) is 75.6 Å². The molecule has 0 saturated heterocycles. The number of hydrogen-bond acceptors (Lipinski definition) is 5. The minimum atomic E-state index is -0.277. The molecular formula is C22H26N4O2S. The van der Waals surface area contributed by atoms with Crippen molar-refractivity contribution >= 4 is 49.8 Å². The summed E-state index contributed by atoms with van der Waals surface area (Å²) in [6, 6.07) is 3.80. The van der Waals surface area contributed by atoms with E-state index in [4.69, 9.17) is 4.74 Å². The first-order valence-electron chi connectivity index (χ1n) is 9.17. The highest BCUT2D eigenvalue weighted by atomic mass is 32.1. The number of anilines is 1. The molecule has 29 heavy (non-hydrogen) atoms. The van der Waals surface area contributed by atoms with Crippen LogP contribution in [-0.2, 0) is 4.74 Å². The molecular weight excluding hydrogens is 384 g/mol. The zero-order valence-electron chi connectivity index (χ0n) is 17.2. The molecule has 0 spiro atoms. The van der Waals surface area contributed by atoms with Crippen LogP contribution in [0.3, 0.4) is 0 Å². The Morgan fingerprint density at radius 1 is 1.38 bits per heavy atom. The Kier molecular flexibility index (Phi) is 7.91. The van der Waals surface area contributed by atoms with Gasteiger partial charge < -0.3 is 10.1 Å². The lowest BCUT2D eigenvalue weighted by Gasteiger charge is -2.09. The molecule has 0 aliphatic rings. The highest BCUT2D eigenvalue weighted by molar-refractivity contribution is 7.22. The maximum absolute atomic E-state index is 11.9. The number of methoxy groups -OCH3 is 1. The van der Waals surface area contributed by atoms with Crippen LogP contribution in [0.5, 0.6) is 0 Å². The average Bonchev–Trinajstić information content (AvgIpc) is 3.10. The number of benzene rings is 1. The number of carbonyl (C=O) groups is 1. The van der Waals surface area contributed by atoms with Crippen molar-refractivity contribution in [3.8, 4) is 0 Å². The smallest absolute Gasteiger partial charge is 0.321 e. The highest BCUT2D eigenvalue weighted by Crippen LogP contribution is 2.35. The Morgan fingerprint density at radius 2 is 2.14 bits per heavy atom. The van der Waals surface area contributed by atoms with Gasteiger partial charge in [0, 0.05) is 18.8 Å². The van der Waals surface area contributed by atoms with Crippen LogP contribution in [0.4, 0.5) is 9.93 Å². The number of amides is 2. The lowest BCUT2D eigenvalue weighted by Crippen LogP contribution is -2.28. The SMILES string of the molecule is C=CN=C(/C=C(\C)c1cc(/C(C=C)=C/C)cc2nc(NC(=O)NCC)sc12)OC. The summed E-state index contributed by atoms with van der Waals surface area (Å²) in [5.74, 6) is 0.455. The van der Waals surface area contributed by atoms with Gasteiger partial charge in [0.25, 0.3) is 0 Å². The fraction of sp³-hybridized carbons (Fsp3) is 0.227. The van der Waals surface area contributed by atoms with Gasteiger partial charge in [-0.15, -0.1) is 0 Å². The van der Waals surface area contributed by atoms with Gasteiger partial charge in [0.1, 0.15) is 0 Å². The number of urea groups is 1. The van der Waals surface area contributed by atoms with Crippen LogP contribution in [-0.4, -0.2) is 30.6 Å². The number of aromatic nitrogens is 1. The van der Waals surface area contributed by atoms with Crippen molar-refractivity contribution in [2.75, 3.05) is 19.0 Å². The fourth-order valence-corrected chi connectivity index (χ4v) is 3.77. The summed E-state index contributed by atoms with van der Waals surface area (Å²) < 4.78 is 6.26. The zero-order chi connectivity index (χ0) is 21.4. The summed E-state index contributed by atoms with van der Waals surface area (Å²) in [5.41, 5.74) is 4.72. The first kappa shape index (κ1) is 22.1. The number of hydrogen-bond donors (Lipinski definition) is 2. The van der Waals surface area contributed by atoms with E-state index < -0.39 is 0 Å². The molecule has 0 fully saturated rings. The van der Waals surface area contributed by atoms with E-state index in [-0.39, 0.29) is 6.03 Å². The summed E-state index contributed by atoms with van der Waals surface area (Å²) in [6.07, 6.45) is 7.09. The van der Waals surface area contributed by atoms with Gasteiger partial charge in [-0.1, -0.05) is 36.6 Å². The standard InChI is InChI=1S/C22H26N4O2S/c1-7-15(8-2)16-12-17(14(5)11-19(28-6)23-9-3)20-18(13-16)25-22(29-20)26-21(27)24-10-4/h7-9,11-13H,1,3,10H2,2,4-6H3,(H2,24,25,26,27)/b14-11+,15-8+,23-19?. The lowest BCUT2D eigenvalue weighted by atomic mass is 9.98. The van der Waals surface area contributed by atoms with Gasteiger partial charge >= 0.3 is 6.03 Å². The van der Waals surface area contributed by atoms with E-state index in [1.54, 1.807) is 7.11 Å². The molecule has 0 aliphatic heterocycles. The van der Waals surface area contributed by atoms with Crippen LogP contribution in [0.15, 0.2) is 54.7 Å². The quantitative estimate of drug-likeness (QED) is 0.353. The summed E-state index contributed by atoms with van der Waals surface area (Å²) >= 11 is 1.42. The molecule has 0 atom stereocenters. The number of nitrogens with zero attached hydrogens (tertiary/aromatic N) is 2. The zero-order valence-corrected chi connectivity index (χ0v) is 18.0. The Morgan fingerprint density at radius 3 is 2.72 bits per heavy atom. The number of fused-ring (bicyclic) bond motifs is 1. The van der Waals surface area contributed by atoms with E-state index in [2.05, 4.69) is 39.8 Å². The molecule has 1 aromatic carbocycles. The van der Waals surface area contributed by atoms with Crippen LogP contribution in [0.1, 0.15) is 31.9 Å². The third kappa shape index (κ3) is 5.42. The third-order valence-corrected chi connectivity index (χ3v) is 5.12. The number of aliphatic imine (C=N–C) groups is 1. The van der Waals surface area contributed by atoms with Crippen LogP contribution in [0.2, 0.25) is 0 Å².